The zero-order valence-electron chi connectivity index (χ0n) is 9.80. The molecule has 4 nitrogen and oxygen atoms in total. The second-order valence-corrected chi connectivity index (χ2v) is 4.89. The van der Waals surface area contributed by atoms with Gasteiger partial charge in [0.1, 0.15) is 11.6 Å². The summed E-state index contributed by atoms with van der Waals surface area (Å²) in [6.45, 7) is 0. The highest BCUT2D eigenvalue weighted by molar-refractivity contribution is 7.13. The van der Waals surface area contributed by atoms with E-state index >= 15 is 0 Å². The fourth-order valence-corrected chi connectivity index (χ4v) is 2.51. The van der Waals surface area contributed by atoms with Crippen molar-refractivity contribution in [3.8, 4) is 10.6 Å². The lowest BCUT2D eigenvalue weighted by atomic mass is 10.1. The predicted molar refractivity (Wildman–Crippen MR) is 69.7 cm³/mol. The third-order valence-electron chi connectivity index (χ3n) is 2.74. The normalized spacial score (nSPS) is 10.9. The number of aromatic carboxylic acids is 1. The molecule has 0 unspecified atom stereocenters. The van der Waals surface area contributed by atoms with Crippen LogP contribution in [0.15, 0.2) is 29.9 Å². The van der Waals surface area contributed by atoms with Crippen molar-refractivity contribution in [2.75, 3.05) is 0 Å². The molecule has 100 valence electrons. The molecule has 0 bridgehead atoms. The Hall–Kier alpha value is -2.41. The molecule has 0 spiro atoms. The van der Waals surface area contributed by atoms with Gasteiger partial charge >= 0.3 is 5.97 Å². The monoisotopic (exact) mass is 292 g/mol. The number of pyridine rings is 1. The zero-order chi connectivity index (χ0) is 14.3. The van der Waals surface area contributed by atoms with E-state index in [0.29, 0.717) is 16.6 Å². The maximum absolute atomic E-state index is 13.8. The first-order chi connectivity index (χ1) is 9.56. The first kappa shape index (κ1) is 12.6. The van der Waals surface area contributed by atoms with E-state index in [1.54, 1.807) is 5.51 Å². The summed E-state index contributed by atoms with van der Waals surface area (Å²) in [6.07, 6.45) is 1.51. The Labute approximate surface area is 115 Å². The average molecular weight is 292 g/mol. The molecule has 0 atom stereocenters. The predicted octanol–water partition coefficient (Wildman–Crippen LogP) is 3.33. The molecule has 0 aliphatic rings. The SMILES string of the molecule is O=C(O)c1cc(-c2cncs2)nc2cc(F)cc(F)c12. The van der Waals surface area contributed by atoms with Crippen molar-refractivity contribution in [3.05, 3.63) is 47.1 Å². The van der Waals surface area contributed by atoms with Crippen LogP contribution in [0.1, 0.15) is 10.4 Å². The van der Waals surface area contributed by atoms with Gasteiger partial charge in [-0.15, -0.1) is 11.3 Å². The van der Waals surface area contributed by atoms with Crippen LogP contribution < -0.4 is 0 Å². The van der Waals surface area contributed by atoms with Crippen LogP contribution in [-0.4, -0.2) is 21.0 Å². The van der Waals surface area contributed by atoms with Crippen LogP contribution in [0, 0.1) is 11.6 Å². The average Bonchev–Trinajstić information content (AvgIpc) is 2.90. The highest BCUT2D eigenvalue weighted by atomic mass is 32.1. The molecular weight excluding hydrogens is 286 g/mol. The van der Waals surface area contributed by atoms with E-state index in [9.17, 15) is 18.7 Å². The molecule has 0 saturated heterocycles. The summed E-state index contributed by atoms with van der Waals surface area (Å²) >= 11 is 1.26. The third kappa shape index (κ3) is 2.01. The van der Waals surface area contributed by atoms with Crippen molar-refractivity contribution < 1.29 is 18.7 Å². The van der Waals surface area contributed by atoms with E-state index < -0.39 is 17.6 Å². The smallest absolute Gasteiger partial charge is 0.336 e. The van der Waals surface area contributed by atoms with Crippen molar-refractivity contribution in [2.24, 2.45) is 0 Å². The number of carbonyl (C=O) groups is 1. The maximum Gasteiger partial charge on any atom is 0.336 e. The van der Waals surface area contributed by atoms with Crippen LogP contribution in [0.2, 0.25) is 0 Å². The minimum Gasteiger partial charge on any atom is -0.478 e. The fourth-order valence-electron chi connectivity index (χ4n) is 1.92. The lowest BCUT2D eigenvalue weighted by Gasteiger charge is -2.06. The van der Waals surface area contributed by atoms with Crippen LogP contribution in [0.4, 0.5) is 8.78 Å². The lowest BCUT2D eigenvalue weighted by Crippen LogP contribution is -2.02. The number of carboxylic acids is 1. The van der Waals surface area contributed by atoms with Gasteiger partial charge in [-0.1, -0.05) is 0 Å². The third-order valence-corrected chi connectivity index (χ3v) is 3.54. The molecular formula is C13H6F2N2O2S. The molecule has 1 aromatic carbocycles. The van der Waals surface area contributed by atoms with Gasteiger partial charge in [0.2, 0.25) is 0 Å². The summed E-state index contributed by atoms with van der Waals surface area (Å²) in [5, 5.41) is 9.00. The van der Waals surface area contributed by atoms with Crippen molar-refractivity contribution in [1.82, 2.24) is 9.97 Å². The fraction of sp³-hybridized carbons (Fsp3) is 0. The molecule has 0 aliphatic carbocycles. The largest absolute Gasteiger partial charge is 0.478 e. The van der Waals surface area contributed by atoms with Gasteiger partial charge in [-0.2, -0.15) is 0 Å². The summed E-state index contributed by atoms with van der Waals surface area (Å²) < 4.78 is 27.1. The van der Waals surface area contributed by atoms with E-state index in [1.165, 1.54) is 23.6 Å². The zero-order valence-corrected chi connectivity index (χ0v) is 10.6. The Balaban J connectivity index is 2.40. The maximum atomic E-state index is 13.8. The first-order valence-corrected chi connectivity index (χ1v) is 6.36. The van der Waals surface area contributed by atoms with Gasteiger partial charge in [0, 0.05) is 18.3 Å². The van der Waals surface area contributed by atoms with Crippen molar-refractivity contribution in [3.63, 3.8) is 0 Å². The minimum atomic E-state index is -1.30. The minimum absolute atomic E-state index is 0.0363. The molecule has 7 heteroatoms. The van der Waals surface area contributed by atoms with Gasteiger partial charge in [0.15, 0.2) is 0 Å². The molecule has 0 radical (unpaired) electrons. The van der Waals surface area contributed by atoms with Gasteiger partial charge in [-0.25, -0.2) is 18.6 Å². The number of carboxylic acid groups (broad SMARTS) is 1. The van der Waals surface area contributed by atoms with Crippen LogP contribution in [0.25, 0.3) is 21.5 Å². The van der Waals surface area contributed by atoms with Crippen LogP contribution in [-0.2, 0) is 0 Å². The summed E-state index contributed by atoms with van der Waals surface area (Å²) in [5.74, 6) is -3.05. The molecule has 2 aromatic heterocycles. The number of rotatable bonds is 2. The summed E-state index contributed by atoms with van der Waals surface area (Å²) in [5.41, 5.74) is 1.59. The van der Waals surface area contributed by atoms with Crippen molar-refractivity contribution in [1.29, 1.82) is 0 Å². The summed E-state index contributed by atoms with van der Waals surface area (Å²) in [4.78, 5) is 19.9. The number of fused-ring (bicyclic) bond motifs is 1. The van der Waals surface area contributed by atoms with E-state index in [4.69, 9.17) is 0 Å². The van der Waals surface area contributed by atoms with E-state index in [2.05, 4.69) is 9.97 Å². The molecule has 2 heterocycles. The number of halogens is 2. The summed E-state index contributed by atoms with van der Waals surface area (Å²) in [6, 6.07) is 2.91. The first-order valence-electron chi connectivity index (χ1n) is 5.48. The second-order valence-electron chi connectivity index (χ2n) is 4.01. The number of benzene rings is 1. The van der Waals surface area contributed by atoms with Gasteiger partial charge in [-0.3, -0.25) is 4.98 Å². The molecule has 0 amide bonds. The van der Waals surface area contributed by atoms with Gasteiger partial charge in [-0.05, 0) is 6.07 Å². The van der Waals surface area contributed by atoms with Crippen molar-refractivity contribution in [2.45, 2.75) is 0 Å². The molecule has 3 aromatic rings. The number of aromatic nitrogens is 2. The standard InChI is InChI=1S/C13H6F2N2O2S/c14-6-1-8(15)12-7(13(18)19)3-9(17-10(12)2-6)11-4-16-5-20-11/h1-5H,(H,18,19). The topological polar surface area (TPSA) is 63.1 Å². The second kappa shape index (κ2) is 4.61. The highest BCUT2D eigenvalue weighted by Crippen LogP contribution is 2.29. The Morgan fingerprint density at radius 2 is 2.05 bits per heavy atom. The Morgan fingerprint density at radius 3 is 2.70 bits per heavy atom. The number of hydrogen-bond acceptors (Lipinski definition) is 4. The van der Waals surface area contributed by atoms with Crippen molar-refractivity contribution >= 4 is 28.2 Å². The molecule has 0 aliphatic heterocycles. The Bertz CT molecular complexity index is 819. The molecule has 3 rings (SSSR count). The molecule has 1 N–H and O–H groups in total. The van der Waals surface area contributed by atoms with E-state index in [0.717, 1.165) is 6.07 Å². The number of nitrogens with zero attached hydrogens (tertiary/aromatic N) is 2. The number of thiazole rings is 1. The van der Waals surface area contributed by atoms with E-state index in [1.807, 2.05) is 0 Å². The van der Waals surface area contributed by atoms with Crippen LogP contribution >= 0.6 is 11.3 Å². The van der Waals surface area contributed by atoms with Gasteiger partial charge in [0.05, 0.1) is 32.5 Å². The van der Waals surface area contributed by atoms with Crippen LogP contribution in [0.3, 0.4) is 0 Å². The molecule has 0 saturated carbocycles. The Morgan fingerprint density at radius 1 is 1.25 bits per heavy atom. The van der Waals surface area contributed by atoms with E-state index in [-0.39, 0.29) is 16.5 Å². The quantitative estimate of drug-likeness (QED) is 0.787. The molecule has 20 heavy (non-hydrogen) atoms. The van der Waals surface area contributed by atoms with Gasteiger partial charge < -0.3 is 5.11 Å². The lowest BCUT2D eigenvalue weighted by molar-refractivity contribution is 0.0698. The summed E-state index contributed by atoms with van der Waals surface area (Å²) in [7, 11) is 0. The Kier molecular flexibility index (Phi) is 2.90. The van der Waals surface area contributed by atoms with Gasteiger partial charge in [0.25, 0.3) is 0 Å². The number of hydrogen-bond donors (Lipinski definition) is 1. The highest BCUT2D eigenvalue weighted by Gasteiger charge is 2.17. The molecule has 0 fully saturated rings. The van der Waals surface area contributed by atoms with Crippen LogP contribution in [0.5, 0.6) is 0 Å².